The number of sulfonamides is 1. The molecule has 0 saturated heterocycles. The summed E-state index contributed by atoms with van der Waals surface area (Å²) >= 11 is 1.53. The van der Waals surface area contributed by atoms with Crippen molar-refractivity contribution in [1.29, 1.82) is 0 Å². The Morgan fingerprint density at radius 2 is 1.89 bits per heavy atom. The molecule has 0 radical (unpaired) electrons. The topological polar surface area (TPSA) is 55.2 Å². The first kappa shape index (κ1) is 19.1. The predicted octanol–water partition coefficient (Wildman–Crippen LogP) is 4.24. The summed E-state index contributed by atoms with van der Waals surface area (Å²) in [5.41, 5.74) is 4.89. The second kappa shape index (κ2) is 7.31. The number of aromatic nitrogens is 2. The first-order chi connectivity index (χ1) is 13.4. The Hall–Kier alpha value is -2.22. The summed E-state index contributed by atoms with van der Waals surface area (Å²) in [6, 6.07) is 11.9. The molecular formula is C21H23N3O2S2. The molecule has 1 aromatic carbocycles. The van der Waals surface area contributed by atoms with Gasteiger partial charge in [0.15, 0.2) is 0 Å². The van der Waals surface area contributed by atoms with Crippen molar-refractivity contribution in [1.82, 2.24) is 13.9 Å². The van der Waals surface area contributed by atoms with Crippen molar-refractivity contribution in [3.8, 4) is 10.7 Å². The van der Waals surface area contributed by atoms with Gasteiger partial charge in [-0.25, -0.2) is 13.4 Å². The molecule has 2 aromatic heterocycles. The van der Waals surface area contributed by atoms with Gasteiger partial charge in [-0.2, -0.15) is 4.31 Å². The van der Waals surface area contributed by atoms with E-state index in [2.05, 4.69) is 17.1 Å². The third-order valence-electron chi connectivity index (χ3n) is 5.26. The average Bonchev–Trinajstić information content (AvgIpc) is 3.26. The van der Waals surface area contributed by atoms with Crippen LogP contribution in [0.1, 0.15) is 23.4 Å². The van der Waals surface area contributed by atoms with Crippen LogP contribution in [0.15, 0.2) is 52.7 Å². The van der Waals surface area contributed by atoms with Gasteiger partial charge in [0, 0.05) is 36.9 Å². The standard InChI is InChI=1S/C21H23N3O2S2/c1-15-14-27-21(22-15)19-13-20(16(2)23(19)3)28(25,26)24-11-9-18(10-12-24)17-7-5-4-6-8-17/h4-9,13-14H,10-12H2,1-3H3. The van der Waals surface area contributed by atoms with Crippen LogP contribution >= 0.6 is 11.3 Å². The molecule has 0 amide bonds. The van der Waals surface area contributed by atoms with Crippen molar-refractivity contribution in [2.45, 2.75) is 25.2 Å². The number of rotatable bonds is 4. The zero-order valence-corrected chi connectivity index (χ0v) is 17.8. The van der Waals surface area contributed by atoms with Gasteiger partial charge in [-0.05, 0) is 37.5 Å². The molecule has 4 rings (SSSR count). The maximum absolute atomic E-state index is 13.3. The van der Waals surface area contributed by atoms with E-state index < -0.39 is 10.0 Å². The molecule has 0 spiro atoms. The lowest BCUT2D eigenvalue weighted by Gasteiger charge is -2.26. The van der Waals surface area contributed by atoms with Gasteiger partial charge in [-0.15, -0.1) is 11.3 Å². The number of hydrogen-bond acceptors (Lipinski definition) is 4. The van der Waals surface area contributed by atoms with E-state index >= 15 is 0 Å². The Bertz CT molecular complexity index is 1140. The first-order valence-electron chi connectivity index (χ1n) is 9.21. The number of hydrogen-bond donors (Lipinski definition) is 0. The van der Waals surface area contributed by atoms with Crippen LogP contribution in [0.25, 0.3) is 16.3 Å². The normalized spacial score (nSPS) is 15.6. The lowest BCUT2D eigenvalue weighted by molar-refractivity contribution is 0.440. The van der Waals surface area contributed by atoms with Gasteiger partial charge >= 0.3 is 0 Å². The molecule has 0 atom stereocenters. The van der Waals surface area contributed by atoms with E-state index in [0.29, 0.717) is 24.4 Å². The molecule has 5 nitrogen and oxygen atoms in total. The molecule has 3 heterocycles. The zero-order chi connectivity index (χ0) is 19.9. The van der Waals surface area contributed by atoms with Gasteiger partial charge in [0.05, 0.1) is 5.69 Å². The Labute approximate surface area is 170 Å². The number of benzene rings is 1. The van der Waals surface area contributed by atoms with Crippen molar-refractivity contribution in [2.75, 3.05) is 13.1 Å². The minimum absolute atomic E-state index is 0.370. The van der Waals surface area contributed by atoms with Crippen molar-refractivity contribution in [3.05, 3.63) is 64.8 Å². The van der Waals surface area contributed by atoms with E-state index in [4.69, 9.17) is 0 Å². The van der Waals surface area contributed by atoms with E-state index in [0.717, 1.165) is 27.7 Å². The minimum Gasteiger partial charge on any atom is -0.345 e. The van der Waals surface area contributed by atoms with E-state index in [-0.39, 0.29) is 0 Å². The van der Waals surface area contributed by atoms with Crippen LogP contribution in [-0.2, 0) is 17.1 Å². The van der Waals surface area contributed by atoms with Crippen LogP contribution in [0, 0.1) is 13.8 Å². The quantitative estimate of drug-likeness (QED) is 0.643. The molecule has 0 fully saturated rings. The summed E-state index contributed by atoms with van der Waals surface area (Å²) < 4.78 is 30.1. The summed E-state index contributed by atoms with van der Waals surface area (Å²) in [6.45, 7) is 4.68. The summed E-state index contributed by atoms with van der Waals surface area (Å²) in [7, 11) is -1.66. The molecule has 1 aliphatic heterocycles. The van der Waals surface area contributed by atoms with Crippen molar-refractivity contribution < 1.29 is 8.42 Å². The molecule has 3 aromatic rings. The Balaban J connectivity index is 1.64. The molecular weight excluding hydrogens is 390 g/mol. The molecule has 146 valence electrons. The maximum Gasteiger partial charge on any atom is 0.245 e. The van der Waals surface area contributed by atoms with Gasteiger partial charge < -0.3 is 4.57 Å². The minimum atomic E-state index is -3.56. The van der Waals surface area contributed by atoms with Crippen molar-refractivity contribution in [2.24, 2.45) is 7.05 Å². The third-order valence-corrected chi connectivity index (χ3v) is 8.22. The van der Waals surface area contributed by atoms with Crippen LogP contribution < -0.4 is 0 Å². The highest BCUT2D eigenvalue weighted by Gasteiger charge is 2.30. The highest BCUT2D eigenvalue weighted by atomic mass is 32.2. The van der Waals surface area contributed by atoms with Crippen LogP contribution in [0.4, 0.5) is 0 Å². The van der Waals surface area contributed by atoms with E-state index in [1.165, 1.54) is 16.9 Å². The van der Waals surface area contributed by atoms with Gasteiger partial charge in [-0.3, -0.25) is 0 Å². The molecule has 0 saturated carbocycles. The molecule has 7 heteroatoms. The van der Waals surface area contributed by atoms with Crippen molar-refractivity contribution >= 4 is 26.9 Å². The smallest absolute Gasteiger partial charge is 0.245 e. The van der Waals surface area contributed by atoms with Gasteiger partial charge in [0.1, 0.15) is 9.90 Å². The number of thiazole rings is 1. The molecule has 0 bridgehead atoms. The fourth-order valence-electron chi connectivity index (χ4n) is 3.53. The second-order valence-corrected chi connectivity index (χ2v) is 9.81. The summed E-state index contributed by atoms with van der Waals surface area (Å²) in [5, 5.41) is 2.82. The number of aryl methyl sites for hydroxylation is 1. The molecule has 0 unspecified atom stereocenters. The predicted molar refractivity (Wildman–Crippen MR) is 114 cm³/mol. The lowest BCUT2D eigenvalue weighted by atomic mass is 10.0. The van der Waals surface area contributed by atoms with Crippen LogP contribution in [0.3, 0.4) is 0 Å². The van der Waals surface area contributed by atoms with E-state index in [1.54, 1.807) is 10.4 Å². The summed E-state index contributed by atoms with van der Waals surface area (Å²) in [4.78, 5) is 4.88. The van der Waals surface area contributed by atoms with Crippen molar-refractivity contribution in [3.63, 3.8) is 0 Å². The molecule has 0 N–H and O–H groups in total. The Morgan fingerprint density at radius 1 is 1.14 bits per heavy atom. The lowest BCUT2D eigenvalue weighted by Crippen LogP contribution is -2.34. The molecule has 28 heavy (non-hydrogen) atoms. The summed E-state index contributed by atoms with van der Waals surface area (Å²) in [6.07, 6.45) is 2.74. The fraction of sp³-hybridized carbons (Fsp3) is 0.286. The highest BCUT2D eigenvalue weighted by molar-refractivity contribution is 7.89. The monoisotopic (exact) mass is 413 g/mol. The summed E-state index contributed by atoms with van der Waals surface area (Å²) in [5.74, 6) is 0. The first-order valence-corrected chi connectivity index (χ1v) is 11.5. The van der Waals surface area contributed by atoms with Gasteiger partial charge in [0.25, 0.3) is 0 Å². The van der Waals surface area contributed by atoms with Crippen LogP contribution in [0.5, 0.6) is 0 Å². The van der Waals surface area contributed by atoms with Gasteiger partial charge in [0.2, 0.25) is 10.0 Å². The number of nitrogens with zero attached hydrogens (tertiary/aromatic N) is 3. The van der Waals surface area contributed by atoms with E-state index in [1.807, 2.05) is 55.1 Å². The second-order valence-electron chi connectivity index (χ2n) is 7.04. The van der Waals surface area contributed by atoms with Crippen LogP contribution in [-0.4, -0.2) is 35.4 Å². The maximum atomic E-state index is 13.3. The molecule has 0 aliphatic carbocycles. The Kier molecular flexibility index (Phi) is 4.99. The fourth-order valence-corrected chi connectivity index (χ4v) is 6.03. The SMILES string of the molecule is Cc1csc(-c2cc(S(=O)(=O)N3CC=C(c4ccccc4)CC3)c(C)n2C)n1. The van der Waals surface area contributed by atoms with Gasteiger partial charge in [-0.1, -0.05) is 36.4 Å². The largest absolute Gasteiger partial charge is 0.345 e. The zero-order valence-electron chi connectivity index (χ0n) is 16.2. The average molecular weight is 414 g/mol. The highest BCUT2D eigenvalue weighted by Crippen LogP contribution is 2.32. The Morgan fingerprint density at radius 3 is 2.50 bits per heavy atom. The van der Waals surface area contributed by atoms with E-state index in [9.17, 15) is 8.42 Å². The van der Waals surface area contributed by atoms with Crippen LogP contribution in [0.2, 0.25) is 0 Å². The molecule has 1 aliphatic rings. The third kappa shape index (κ3) is 3.34.